The van der Waals surface area contributed by atoms with Crippen LogP contribution >= 0.6 is 0 Å². The van der Waals surface area contributed by atoms with Crippen LogP contribution in [0.25, 0.3) is 0 Å². The summed E-state index contributed by atoms with van der Waals surface area (Å²) < 4.78 is 0. The molecule has 2 N–H and O–H groups in total. The van der Waals surface area contributed by atoms with E-state index in [0.29, 0.717) is 12.6 Å². The second-order valence-corrected chi connectivity index (χ2v) is 3.23. The van der Waals surface area contributed by atoms with Crippen molar-refractivity contribution in [2.45, 2.75) is 39.3 Å². The van der Waals surface area contributed by atoms with Crippen molar-refractivity contribution in [2.24, 2.45) is 0 Å². The quantitative estimate of drug-likeness (QED) is 0.608. The summed E-state index contributed by atoms with van der Waals surface area (Å²) in [6.45, 7) is 6.26. The van der Waals surface area contributed by atoms with Gasteiger partial charge in [-0.05, 0) is 6.42 Å². The van der Waals surface area contributed by atoms with Gasteiger partial charge in [0.2, 0.25) is 5.91 Å². The molecule has 1 atom stereocenters. The van der Waals surface area contributed by atoms with E-state index in [0.717, 1.165) is 6.42 Å². The Kier molecular flexibility index (Phi) is 5.99. The van der Waals surface area contributed by atoms with Crippen LogP contribution in [0.5, 0.6) is 0 Å². The molecular weight excluding hydrogens is 164 g/mol. The molecule has 0 aromatic heterocycles. The lowest BCUT2D eigenvalue weighted by Gasteiger charge is -2.12. The van der Waals surface area contributed by atoms with Gasteiger partial charge < -0.3 is 10.6 Å². The Morgan fingerprint density at radius 3 is 2.54 bits per heavy atom. The summed E-state index contributed by atoms with van der Waals surface area (Å²) in [5.41, 5.74) is 0. The van der Waals surface area contributed by atoms with E-state index in [4.69, 9.17) is 6.42 Å². The molecule has 0 aliphatic heterocycles. The summed E-state index contributed by atoms with van der Waals surface area (Å²) in [4.78, 5) is 11.2. The molecule has 0 saturated carbocycles. The van der Waals surface area contributed by atoms with Crippen molar-refractivity contribution in [3.8, 4) is 12.3 Å². The molecule has 0 rings (SSSR count). The second-order valence-electron chi connectivity index (χ2n) is 3.23. The van der Waals surface area contributed by atoms with Gasteiger partial charge in [-0.15, -0.1) is 6.42 Å². The first-order valence-corrected chi connectivity index (χ1v) is 4.59. The van der Waals surface area contributed by atoms with Gasteiger partial charge in [-0.25, -0.2) is 0 Å². The topological polar surface area (TPSA) is 41.1 Å². The number of carbonyl (C=O) groups is 1. The fourth-order valence-corrected chi connectivity index (χ4v) is 0.804. The highest BCUT2D eigenvalue weighted by Crippen LogP contribution is 1.87. The van der Waals surface area contributed by atoms with Crippen LogP contribution in [-0.4, -0.2) is 24.5 Å². The molecule has 1 unspecified atom stereocenters. The first kappa shape index (κ1) is 12.0. The Morgan fingerprint density at radius 2 is 2.15 bits per heavy atom. The van der Waals surface area contributed by atoms with Gasteiger partial charge in [-0.3, -0.25) is 4.79 Å². The van der Waals surface area contributed by atoms with Crippen molar-refractivity contribution in [3.63, 3.8) is 0 Å². The number of rotatable bonds is 5. The van der Waals surface area contributed by atoms with Crippen molar-refractivity contribution in [2.75, 3.05) is 6.54 Å². The summed E-state index contributed by atoms with van der Waals surface area (Å²) in [5.74, 6) is 2.47. The maximum absolute atomic E-state index is 11.2. The molecule has 0 heterocycles. The van der Waals surface area contributed by atoms with E-state index < -0.39 is 0 Å². The normalized spacial score (nSPS) is 12.2. The van der Waals surface area contributed by atoms with Crippen LogP contribution in [-0.2, 0) is 4.79 Å². The zero-order valence-corrected chi connectivity index (χ0v) is 8.55. The SMILES string of the molecule is C#CC(CC)NC(=O)CNC(C)C. The van der Waals surface area contributed by atoms with E-state index in [1.165, 1.54) is 0 Å². The third-order valence-electron chi connectivity index (χ3n) is 1.62. The molecule has 0 saturated heterocycles. The highest BCUT2D eigenvalue weighted by Gasteiger charge is 2.06. The Labute approximate surface area is 80.3 Å². The molecular formula is C10H18N2O. The average Bonchev–Trinajstić information content (AvgIpc) is 2.10. The van der Waals surface area contributed by atoms with E-state index in [-0.39, 0.29) is 11.9 Å². The van der Waals surface area contributed by atoms with Crippen LogP contribution in [0.3, 0.4) is 0 Å². The summed E-state index contributed by atoms with van der Waals surface area (Å²) in [6.07, 6.45) is 5.97. The minimum atomic E-state index is -0.138. The average molecular weight is 182 g/mol. The first-order chi connectivity index (χ1) is 6.10. The fourth-order valence-electron chi connectivity index (χ4n) is 0.804. The molecule has 0 aliphatic rings. The van der Waals surface area contributed by atoms with E-state index >= 15 is 0 Å². The highest BCUT2D eigenvalue weighted by molar-refractivity contribution is 5.78. The monoisotopic (exact) mass is 182 g/mol. The lowest BCUT2D eigenvalue weighted by atomic mass is 10.2. The van der Waals surface area contributed by atoms with Gasteiger partial charge in [0.15, 0.2) is 0 Å². The second kappa shape index (κ2) is 6.50. The predicted octanol–water partition coefficient (Wildman–Crippen LogP) is 0.512. The maximum atomic E-state index is 11.2. The van der Waals surface area contributed by atoms with Gasteiger partial charge in [0.1, 0.15) is 0 Å². The Hall–Kier alpha value is -1.01. The Bertz CT molecular complexity index is 194. The summed E-state index contributed by atoms with van der Waals surface area (Å²) in [5, 5.41) is 5.75. The molecule has 0 aliphatic carbocycles. The third-order valence-corrected chi connectivity index (χ3v) is 1.62. The lowest BCUT2D eigenvalue weighted by Crippen LogP contribution is -2.41. The van der Waals surface area contributed by atoms with Gasteiger partial charge >= 0.3 is 0 Å². The lowest BCUT2D eigenvalue weighted by molar-refractivity contribution is -0.120. The molecule has 3 heteroatoms. The molecule has 1 amide bonds. The smallest absolute Gasteiger partial charge is 0.234 e. The van der Waals surface area contributed by atoms with Gasteiger partial charge in [-0.2, -0.15) is 0 Å². The molecule has 0 bridgehead atoms. The first-order valence-electron chi connectivity index (χ1n) is 4.59. The number of terminal acetylenes is 1. The number of nitrogens with one attached hydrogen (secondary N) is 2. The van der Waals surface area contributed by atoms with Crippen molar-refractivity contribution < 1.29 is 4.79 Å². The van der Waals surface area contributed by atoms with Crippen LogP contribution < -0.4 is 10.6 Å². The number of amides is 1. The molecule has 0 radical (unpaired) electrons. The van der Waals surface area contributed by atoms with Gasteiger partial charge in [0, 0.05) is 6.04 Å². The highest BCUT2D eigenvalue weighted by atomic mass is 16.1. The number of hydrogen-bond acceptors (Lipinski definition) is 2. The predicted molar refractivity (Wildman–Crippen MR) is 54.2 cm³/mol. The molecule has 0 fully saturated rings. The minimum Gasteiger partial charge on any atom is -0.341 e. The fraction of sp³-hybridized carbons (Fsp3) is 0.700. The number of hydrogen-bond donors (Lipinski definition) is 2. The van der Waals surface area contributed by atoms with E-state index in [1.807, 2.05) is 20.8 Å². The molecule has 0 spiro atoms. The van der Waals surface area contributed by atoms with Crippen LogP contribution in [0.1, 0.15) is 27.2 Å². The molecule has 0 aromatic rings. The zero-order chi connectivity index (χ0) is 10.3. The molecule has 0 aromatic carbocycles. The van der Waals surface area contributed by atoms with Crippen molar-refractivity contribution in [3.05, 3.63) is 0 Å². The van der Waals surface area contributed by atoms with E-state index in [1.54, 1.807) is 0 Å². The van der Waals surface area contributed by atoms with Gasteiger partial charge in [0.05, 0.1) is 12.6 Å². The summed E-state index contributed by atoms with van der Waals surface area (Å²) in [7, 11) is 0. The number of carbonyl (C=O) groups excluding carboxylic acids is 1. The van der Waals surface area contributed by atoms with Crippen LogP contribution in [0.15, 0.2) is 0 Å². The van der Waals surface area contributed by atoms with Crippen LogP contribution in [0, 0.1) is 12.3 Å². The standard InChI is InChI=1S/C10H18N2O/c1-5-9(6-2)12-10(13)7-11-8(3)4/h1,8-9,11H,6-7H2,2-4H3,(H,12,13). The van der Waals surface area contributed by atoms with Crippen LogP contribution in [0.4, 0.5) is 0 Å². The molecule has 3 nitrogen and oxygen atoms in total. The van der Waals surface area contributed by atoms with Crippen molar-refractivity contribution >= 4 is 5.91 Å². The third kappa shape index (κ3) is 6.18. The van der Waals surface area contributed by atoms with E-state index in [2.05, 4.69) is 16.6 Å². The summed E-state index contributed by atoms with van der Waals surface area (Å²) in [6, 6.07) is 0.179. The Balaban J connectivity index is 3.68. The van der Waals surface area contributed by atoms with Gasteiger partial charge in [0.25, 0.3) is 0 Å². The molecule has 74 valence electrons. The van der Waals surface area contributed by atoms with Crippen molar-refractivity contribution in [1.29, 1.82) is 0 Å². The minimum absolute atomic E-state index is 0.0431. The van der Waals surface area contributed by atoms with Crippen LogP contribution in [0.2, 0.25) is 0 Å². The molecule has 13 heavy (non-hydrogen) atoms. The van der Waals surface area contributed by atoms with E-state index in [9.17, 15) is 4.79 Å². The van der Waals surface area contributed by atoms with Gasteiger partial charge in [-0.1, -0.05) is 26.7 Å². The maximum Gasteiger partial charge on any atom is 0.234 e. The zero-order valence-electron chi connectivity index (χ0n) is 8.55. The Morgan fingerprint density at radius 1 is 1.54 bits per heavy atom. The largest absolute Gasteiger partial charge is 0.341 e. The summed E-state index contributed by atoms with van der Waals surface area (Å²) >= 11 is 0. The van der Waals surface area contributed by atoms with Crippen molar-refractivity contribution in [1.82, 2.24) is 10.6 Å².